The van der Waals surface area contributed by atoms with E-state index in [0.717, 1.165) is 65.4 Å². The van der Waals surface area contributed by atoms with Crippen LogP contribution in [0.25, 0.3) is 22.2 Å². The number of pyridine rings is 2. The van der Waals surface area contributed by atoms with E-state index in [1.165, 1.54) is 5.69 Å². The summed E-state index contributed by atoms with van der Waals surface area (Å²) >= 11 is 0. The van der Waals surface area contributed by atoms with Gasteiger partial charge in [-0.05, 0) is 55.8 Å². The first kappa shape index (κ1) is 20.2. The van der Waals surface area contributed by atoms with Crippen molar-refractivity contribution in [2.75, 3.05) is 31.2 Å². The summed E-state index contributed by atoms with van der Waals surface area (Å²) < 4.78 is 5.43. The number of aliphatic imine (C=N–C) groups is 1. The fraction of sp³-hybridized carbons (Fsp3) is 0.240. The Morgan fingerprint density at radius 3 is 2.66 bits per heavy atom. The van der Waals surface area contributed by atoms with E-state index in [0.29, 0.717) is 5.56 Å². The van der Waals surface area contributed by atoms with Crippen LogP contribution in [0.2, 0.25) is 0 Å². The minimum Gasteiger partial charge on any atom is -0.494 e. The number of fused-ring (bicyclic) bond motifs is 1. The summed E-state index contributed by atoms with van der Waals surface area (Å²) in [5.74, 6) is 0.0908. The van der Waals surface area contributed by atoms with Crippen molar-refractivity contribution in [2.24, 2.45) is 4.99 Å². The van der Waals surface area contributed by atoms with Crippen LogP contribution in [0.4, 0.5) is 11.4 Å². The molecule has 0 radical (unpaired) electrons. The molecule has 0 atom stereocenters. The number of aromatic amines is 1. The maximum Gasteiger partial charge on any atom is 0.198 e. The highest BCUT2D eigenvalue weighted by atomic mass is 16.5. The average molecular weight is 428 g/mol. The lowest BCUT2D eigenvalue weighted by Crippen LogP contribution is -2.36. The molecule has 0 aliphatic carbocycles. The van der Waals surface area contributed by atoms with Crippen LogP contribution in [0.1, 0.15) is 18.1 Å². The number of morpholine rings is 1. The zero-order valence-corrected chi connectivity index (χ0v) is 18.2. The van der Waals surface area contributed by atoms with Gasteiger partial charge in [0.1, 0.15) is 0 Å². The Kier molecular flexibility index (Phi) is 5.33. The quantitative estimate of drug-likeness (QED) is 0.464. The first-order chi connectivity index (χ1) is 15.6. The van der Waals surface area contributed by atoms with E-state index in [2.05, 4.69) is 32.0 Å². The Hall–Kier alpha value is -3.71. The number of anilines is 1. The lowest BCUT2D eigenvalue weighted by atomic mass is 10.0. The lowest BCUT2D eigenvalue weighted by Gasteiger charge is -2.28. The second-order valence-corrected chi connectivity index (χ2v) is 7.97. The van der Waals surface area contributed by atoms with Gasteiger partial charge in [0, 0.05) is 42.1 Å². The molecule has 0 saturated carbocycles. The van der Waals surface area contributed by atoms with Crippen LogP contribution < -0.4 is 4.90 Å². The number of nitrogens with one attached hydrogen (secondary N) is 1. The smallest absolute Gasteiger partial charge is 0.198 e. The van der Waals surface area contributed by atoms with Crippen LogP contribution in [0.15, 0.2) is 60.0 Å². The van der Waals surface area contributed by atoms with Gasteiger partial charge in [0.2, 0.25) is 0 Å². The number of ether oxygens (including phenoxy) is 1. The third kappa shape index (κ3) is 3.83. The topological polar surface area (TPSA) is 86.6 Å². The number of benzene rings is 1. The van der Waals surface area contributed by atoms with Crippen molar-refractivity contribution in [1.82, 2.24) is 15.0 Å². The second-order valence-electron chi connectivity index (χ2n) is 7.97. The molecule has 1 aromatic carbocycles. The van der Waals surface area contributed by atoms with E-state index < -0.39 is 0 Å². The molecular formula is C25H25N5O2. The Balaban J connectivity index is 1.49. The number of hydrogen-bond acceptors (Lipinski definition) is 6. The van der Waals surface area contributed by atoms with Gasteiger partial charge in [0.05, 0.1) is 47.6 Å². The molecule has 0 bridgehead atoms. The monoisotopic (exact) mass is 427 g/mol. The van der Waals surface area contributed by atoms with E-state index in [1.54, 1.807) is 12.4 Å². The number of aromatic nitrogens is 3. The molecule has 0 unspecified atom stereocenters. The molecule has 1 saturated heterocycles. The third-order valence-electron chi connectivity index (χ3n) is 5.86. The molecule has 1 fully saturated rings. The molecule has 0 spiro atoms. The first-order valence-electron chi connectivity index (χ1n) is 10.7. The average Bonchev–Trinajstić information content (AvgIpc) is 3.15. The zero-order valence-electron chi connectivity index (χ0n) is 18.2. The molecule has 162 valence electrons. The molecule has 5 rings (SSSR count). The highest BCUT2D eigenvalue weighted by molar-refractivity contribution is 6.13. The van der Waals surface area contributed by atoms with Crippen molar-refractivity contribution in [1.29, 1.82) is 0 Å². The van der Waals surface area contributed by atoms with E-state index >= 15 is 0 Å². The maximum atomic E-state index is 10.6. The van der Waals surface area contributed by atoms with Crippen LogP contribution in [0, 0.1) is 6.92 Å². The Morgan fingerprint density at radius 2 is 1.91 bits per heavy atom. The van der Waals surface area contributed by atoms with Gasteiger partial charge < -0.3 is 19.7 Å². The van der Waals surface area contributed by atoms with Gasteiger partial charge in [-0.1, -0.05) is 0 Å². The summed E-state index contributed by atoms with van der Waals surface area (Å²) in [6.45, 7) is 7.26. The number of hydrogen-bond donors (Lipinski definition) is 2. The van der Waals surface area contributed by atoms with Gasteiger partial charge in [-0.2, -0.15) is 0 Å². The molecule has 3 aromatic heterocycles. The molecule has 1 aliphatic rings. The van der Waals surface area contributed by atoms with Crippen LogP contribution in [-0.4, -0.2) is 52.1 Å². The van der Waals surface area contributed by atoms with Gasteiger partial charge in [-0.15, -0.1) is 0 Å². The fourth-order valence-corrected chi connectivity index (χ4v) is 4.13. The fourth-order valence-electron chi connectivity index (χ4n) is 4.13. The van der Waals surface area contributed by atoms with Crippen LogP contribution in [0.5, 0.6) is 5.88 Å². The van der Waals surface area contributed by atoms with Crippen LogP contribution in [-0.2, 0) is 4.74 Å². The number of nitrogens with zero attached hydrogens (tertiary/aromatic N) is 4. The minimum absolute atomic E-state index is 0.0908. The SMILES string of the molecule is CC(=Nc1ccc(N2CCOCC2)cc1)c1c(O)[nH]c2cnc(-c3cnccc3C)cc12. The van der Waals surface area contributed by atoms with Gasteiger partial charge in [0.15, 0.2) is 5.88 Å². The van der Waals surface area contributed by atoms with Gasteiger partial charge in [-0.25, -0.2) is 0 Å². The molecular weight excluding hydrogens is 402 g/mol. The summed E-state index contributed by atoms with van der Waals surface area (Å²) in [7, 11) is 0. The lowest BCUT2D eigenvalue weighted by molar-refractivity contribution is 0.122. The molecule has 0 amide bonds. The summed E-state index contributed by atoms with van der Waals surface area (Å²) in [6.07, 6.45) is 5.32. The van der Waals surface area contributed by atoms with Crippen molar-refractivity contribution in [3.8, 4) is 17.1 Å². The molecule has 1 aliphatic heterocycles. The molecule has 32 heavy (non-hydrogen) atoms. The highest BCUT2D eigenvalue weighted by Crippen LogP contribution is 2.32. The molecule has 4 heterocycles. The van der Waals surface area contributed by atoms with Crippen LogP contribution in [0.3, 0.4) is 0 Å². The normalized spacial score (nSPS) is 14.8. The minimum atomic E-state index is 0.0908. The van der Waals surface area contributed by atoms with Crippen molar-refractivity contribution in [3.63, 3.8) is 0 Å². The standard InChI is InChI=1S/C25H25N5O2/c1-16-7-8-26-14-21(16)22-13-20-23(15-27-22)29-25(31)24(20)17(2)28-18-3-5-19(6-4-18)30-9-11-32-12-10-30/h3-8,13-15,29,31H,9-12H2,1-2H3. The summed E-state index contributed by atoms with van der Waals surface area (Å²) in [6, 6.07) is 12.1. The number of aromatic hydroxyl groups is 1. The van der Waals surface area contributed by atoms with Gasteiger partial charge in [-0.3, -0.25) is 15.0 Å². The van der Waals surface area contributed by atoms with Crippen molar-refractivity contribution in [2.45, 2.75) is 13.8 Å². The van der Waals surface area contributed by atoms with E-state index in [4.69, 9.17) is 9.73 Å². The Morgan fingerprint density at radius 1 is 1.12 bits per heavy atom. The molecule has 7 heteroatoms. The Labute approximate surface area is 186 Å². The van der Waals surface area contributed by atoms with Crippen LogP contribution >= 0.6 is 0 Å². The predicted octanol–water partition coefficient (Wildman–Crippen LogP) is 4.62. The first-order valence-corrected chi connectivity index (χ1v) is 10.7. The highest BCUT2D eigenvalue weighted by Gasteiger charge is 2.16. The van der Waals surface area contributed by atoms with E-state index in [1.807, 2.05) is 44.3 Å². The predicted molar refractivity (Wildman–Crippen MR) is 127 cm³/mol. The van der Waals surface area contributed by atoms with E-state index in [9.17, 15) is 5.11 Å². The Bertz CT molecular complexity index is 1290. The molecule has 7 nitrogen and oxygen atoms in total. The number of aryl methyl sites for hydroxylation is 1. The van der Waals surface area contributed by atoms with Gasteiger partial charge >= 0.3 is 0 Å². The summed E-state index contributed by atoms with van der Waals surface area (Å²) in [4.78, 5) is 18.9. The summed E-state index contributed by atoms with van der Waals surface area (Å²) in [5.41, 5.74) is 7.06. The largest absolute Gasteiger partial charge is 0.494 e. The molecule has 2 N–H and O–H groups in total. The van der Waals surface area contributed by atoms with Gasteiger partial charge in [0.25, 0.3) is 0 Å². The van der Waals surface area contributed by atoms with Crippen molar-refractivity contribution >= 4 is 28.0 Å². The zero-order chi connectivity index (χ0) is 22.1. The number of H-pyrrole nitrogens is 1. The maximum absolute atomic E-state index is 10.6. The second kappa shape index (κ2) is 8.43. The van der Waals surface area contributed by atoms with E-state index in [-0.39, 0.29) is 5.88 Å². The summed E-state index contributed by atoms with van der Waals surface area (Å²) in [5, 5.41) is 11.5. The number of rotatable bonds is 4. The third-order valence-corrected chi connectivity index (χ3v) is 5.86. The van der Waals surface area contributed by atoms with Crippen molar-refractivity contribution < 1.29 is 9.84 Å². The van der Waals surface area contributed by atoms with Crippen molar-refractivity contribution in [3.05, 3.63) is 66.1 Å². The molecule has 4 aromatic rings.